The average molecular weight is 196 g/mol. The van der Waals surface area contributed by atoms with E-state index in [1.807, 2.05) is 6.92 Å². The van der Waals surface area contributed by atoms with Gasteiger partial charge in [0.2, 0.25) is 0 Å². The van der Waals surface area contributed by atoms with Crippen LogP contribution in [0.15, 0.2) is 24.3 Å². The van der Waals surface area contributed by atoms with Gasteiger partial charge in [-0.2, -0.15) is 0 Å². The lowest BCUT2D eigenvalue weighted by Crippen LogP contribution is -1.95. The zero-order valence-electron chi connectivity index (χ0n) is 9.58. The van der Waals surface area contributed by atoms with E-state index in [1.165, 1.54) is 19.3 Å². The van der Waals surface area contributed by atoms with Gasteiger partial charge in [0.1, 0.15) is 0 Å². The molecule has 0 aliphatic rings. The Bertz CT molecular complexity index is 157. The quantitative estimate of drug-likeness (QED) is 0.462. The molecule has 0 rings (SSSR count). The maximum absolute atomic E-state index is 8.99. The molecule has 0 spiro atoms. The van der Waals surface area contributed by atoms with Crippen LogP contribution < -0.4 is 0 Å². The van der Waals surface area contributed by atoms with Crippen molar-refractivity contribution in [2.45, 2.75) is 58.5 Å². The predicted octanol–water partition coefficient (Wildman–Crippen LogP) is 3.84. The van der Waals surface area contributed by atoms with Crippen molar-refractivity contribution in [3.8, 4) is 0 Å². The normalized spacial score (nSPS) is 14.2. The average Bonchev–Trinajstić information content (AvgIpc) is 2.15. The molecule has 0 aliphatic carbocycles. The van der Waals surface area contributed by atoms with Crippen molar-refractivity contribution in [3.05, 3.63) is 24.3 Å². The molecule has 0 aromatic heterocycles. The second-order valence-electron chi connectivity index (χ2n) is 3.75. The lowest BCUT2D eigenvalue weighted by Gasteiger charge is -1.95. The molecule has 1 atom stereocenters. The molecular formula is C13H24O. The molecule has 82 valence electrons. The van der Waals surface area contributed by atoms with Gasteiger partial charge in [-0.25, -0.2) is 0 Å². The van der Waals surface area contributed by atoms with Crippen LogP contribution in [0.25, 0.3) is 0 Å². The van der Waals surface area contributed by atoms with Crippen LogP contribution in [-0.4, -0.2) is 11.2 Å². The molecule has 1 N–H and O–H groups in total. The smallest absolute Gasteiger partial charge is 0.0546 e. The fourth-order valence-electron chi connectivity index (χ4n) is 1.16. The maximum atomic E-state index is 8.99. The number of hydrogen-bond acceptors (Lipinski definition) is 1. The molecule has 0 aromatic carbocycles. The number of rotatable bonds is 8. The molecule has 0 aromatic rings. The van der Waals surface area contributed by atoms with Gasteiger partial charge in [0, 0.05) is 0 Å². The summed E-state index contributed by atoms with van der Waals surface area (Å²) in [6, 6.07) is 0. The molecule has 1 nitrogen and oxygen atoms in total. The zero-order chi connectivity index (χ0) is 10.6. The SMILES string of the molecule is CCCC/C=C\CC/C=C\CC(C)O. The fraction of sp³-hybridized carbons (Fsp3) is 0.692. The van der Waals surface area contributed by atoms with Crippen molar-refractivity contribution in [1.82, 2.24) is 0 Å². The highest BCUT2D eigenvalue weighted by Gasteiger charge is 1.87. The summed E-state index contributed by atoms with van der Waals surface area (Å²) in [5.74, 6) is 0. The van der Waals surface area contributed by atoms with Crippen LogP contribution in [0.4, 0.5) is 0 Å². The Kier molecular flexibility index (Phi) is 10.1. The summed E-state index contributed by atoms with van der Waals surface area (Å²) in [7, 11) is 0. The highest BCUT2D eigenvalue weighted by Crippen LogP contribution is 2.00. The Labute approximate surface area is 88.5 Å². The van der Waals surface area contributed by atoms with Gasteiger partial charge >= 0.3 is 0 Å². The molecular weight excluding hydrogens is 172 g/mol. The van der Waals surface area contributed by atoms with Gasteiger partial charge in [0.15, 0.2) is 0 Å². The molecule has 0 radical (unpaired) electrons. The third kappa shape index (κ3) is 11.4. The lowest BCUT2D eigenvalue weighted by molar-refractivity contribution is 0.198. The molecule has 0 bridgehead atoms. The fourth-order valence-corrected chi connectivity index (χ4v) is 1.16. The Hall–Kier alpha value is -0.560. The van der Waals surface area contributed by atoms with Crippen LogP contribution in [0.2, 0.25) is 0 Å². The van der Waals surface area contributed by atoms with E-state index in [0.29, 0.717) is 0 Å². The van der Waals surface area contributed by atoms with Crippen molar-refractivity contribution >= 4 is 0 Å². The van der Waals surface area contributed by atoms with Crippen molar-refractivity contribution in [2.24, 2.45) is 0 Å². The van der Waals surface area contributed by atoms with E-state index in [-0.39, 0.29) is 6.10 Å². The Morgan fingerprint density at radius 3 is 2.14 bits per heavy atom. The first kappa shape index (κ1) is 13.4. The summed E-state index contributed by atoms with van der Waals surface area (Å²) < 4.78 is 0. The minimum Gasteiger partial charge on any atom is -0.393 e. The predicted molar refractivity (Wildman–Crippen MR) is 63.3 cm³/mol. The van der Waals surface area contributed by atoms with E-state index < -0.39 is 0 Å². The monoisotopic (exact) mass is 196 g/mol. The van der Waals surface area contributed by atoms with Gasteiger partial charge in [0.25, 0.3) is 0 Å². The number of unbranched alkanes of at least 4 members (excludes halogenated alkanes) is 3. The Morgan fingerprint density at radius 1 is 1.00 bits per heavy atom. The van der Waals surface area contributed by atoms with Crippen LogP contribution in [0.5, 0.6) is 0 Å². The van der Waals surface area contributed by atoms with Gasteiger partial charge in [0.05, 0.1) is 6.10 Å². The first-order valence-electron chi connectivity index (χ1n) is 5.75. The minimum absolute atomic E-state index is 0.202. The largest absolute Gasteiger partial charge is 0.393 e. The number of hydrogen-bond donors (Lipinski definition) is 1. The molecule has 0 fully saturated rings. The third-order valence-electron chi connectivity index (χ3n) is 2.03. The summed E-state index contributed by atoms with van der Waals surface area (Å²) in [5, 5.41) is 8.99. The Balaban J connectivity index is 3.19. The van der Waals surface area contributed by atoms with Crippen molar-refractivity contribution in [3.63, 3.8) is 0 Å². The highest BCUT2D eigenvalue weighted by atomic mass is 16.3. The maximum Gasteiger partial charge on any atom is 0.0546 e. The molecule has 14 heavy (non-hydrogen) atoms. The zero-order valence-corrected chi connectivity index (χ0v) is 9.58. The molecule has 0 saturated carbocycles. The van der Waals surface area contributed by atoms with E-state index in [4.69, 9.17) is 5.11 Å². The van der Waals surface area contributed by atoms with Crippen molar-refractivity contribution < 1.29 is 5.11 Å². The summed E-state index contributed by atoms with van der Waals surface area (Å²) in [6.07, 6.45) is 15.3. The highest BCUT2D eigenvalue weighted by molar-refractivity contribution is 4.88. The minimum atomic E-state index is -0.202. The second-order valence-corrected chi connectivity index (χ2v) is 3.75. The van der Waals surface area contributed by atoms with E-state index in [9.17, 15) is 0 Å². The van der Waals surface area contributed by atoms with Crippen LogP contribution in [0.3, 0.4) is 0 Å². The topological polar surface area (TPSA) is 20.2 Å². The number of allylic oxidation sites excluding steroid dienone is 3. The summed E-state index contributed by atoms with van der Waals surface area (Å²) >= 11 is 0. The summed E-state index contributed by atoms with van der Waals surface area (Å²) in [6.45, 7) is 4.03. The summed E-state index contributed by atoms with van der Waals surface area (Å²) in [5.41, 5.74) is 0. The molecule has 0 aliphatic heterocycles. The van der Waals surface area contributed by atoms with Gasteiger partial charge in [-0.15, -0.1) is 0 Å². The van der Waals surface area contributed by atoms with Gasteiger partial charge < -0.3 is 5.11 Å². The van der Waals surface area contributed by atoms with Crippen LogP contribution in [-0.2, 0) is 0 Å². The molecule has 0 amide bonds. The molecule has 0 saturated heterocycles. The first-order valence-corrected chi connectivity index (χ1v) is 5.75. The van der Waals surface area contributed by atoms with Crippen LogP contribution in [0, 0.1) is 0 Å². The van der Waals surface area contributed by atoms with Gasteiger partial charge in [-0.3, -0.25) is 0 Å². The molecule has 1 heteroatoms. The number of aliphatic hydroxyl groups excluding tert-OH is 1. The Morgan fingerprint density at radius 2 is 1.57 bits per heavy atom. The second kappa shape index (κ2) is 10.5. The van der Waals surface area contributed by atoms with Gasteiger partial charge in [-0.1, -0.05) is 44.1 Å². The third-order valence-corrected chi connectivity index (χ3v) is 2.03. The van der Waals surface area contributed by atoms with E-state index in [2.05, 4.69) is 31.2 Å². The molecule has 1 unspecified atom stereocenters. The van der Waals surface area contributed by atoms with Gasteiger partial charge in [-0.05, 0) is 32.6 Å². The standard InChI is InChI=1S/C13H24O/c1-3-4-5-6-7-8-9-10-11-12-13(2)14/h6-7,10-11,13-14H,3-5,8-9,12H2,1-2H3/b7-6-,11-10-. The van der Waals surface area contributed by atoms with Crippen molar-refractivity contribution in [1.29, 1.82) is 0 Å². The lowest BCUT2D eigenvalue weighted by atomic mass is 10.2. The van der Waals surface area contributed by atoms with E-state index >= 15 is 0 Å². The van der Waals surface area contributed by atoms with Crippen LogP contribution in [0.1, 0.15) is 52.4 Å². The molecule has 0 heterocycles. The van der Waals surface area contributed by atoms with Crippen LogP contribution >= 0.6 is 0 Å². The van der Waals surface area contributed by atoms with E-state index in [1.54, 1.807) is 0 Å². The first-order chi connectivity index (χ1) is 6.77. The van der Waals surface area contributed by atoms with Crippen molar-refractivity contribution in [2.75, 3.05) is 0 Å². The summed E-state index contributed by atoms with van der Waals surface area (Å²) in [4.78, 5) is 0. The number of aliphatic hydroxyl groups is 1. The van der Waals surface area contributed by atoms with E-state index in [0.717, 1.165) is 19.3 Å².